The molecule has 1 atom stereocenters. The Morgan fingerprint density at radius 3 is 2.34 bits per heavy atom. The molecule has 4 aromatic rings. The van der Waals surface area contributed by atoms with Gasteiger partial charge in [0.05, 0.1) is 30.0 Å². The summed E-state index contributed by atoms with van der Waals surface area (Å²) in [5, 5.41) is 21.4. The number of carbonyl (C=O) groups excluding carboxylic acids is 3. The third kappa shape index (κ3) is 6.86. The summed E-state index contributed by atoms with van der Waals surface area (Å²) in [6, 6.07) is 19.2. The highest BCUT2D eigenvalue weighted by molar-refractivity contribution is 5.97. The molecule has 2 aliphatic heterocycles. The quantitative estimate of drug-likeness (QED) is 0.307. The molecule has 0 aliphatic carbocycles. The van der Waals surface area contributed by atoms with Gasteiger partial charge in [0.1, 0.15) is 11.6 Å². The predicted octanol–water partition coefficient (Wildman–Crippen LogP) is 2.13. The molecule has 2 aromatic heterocycles. The maximum Gasteiger partial charge on any atom is 0.257 e. The zero-order valence-corrected chi connectivity index (χ0v) is 24.7. The van der Waals surface area contributed by atoms with Crippen molar-refractivity contribution in [3.05, 3.63) is 101 Å². The number of hydrogen-bond donors (Lipinski definition) is 3. The lowest BCUT2D eigenvalue weighted by atomic mass is 9.83. The van der Waals surface area contributed by atoms with Crippen molar-refractivity contribution in [1.29, 1.82) is 0 Å². The van der Waals surface area contributed by atoms with Crippen LogP contribution in [-0.4, -0.2) is 67.4 Å². The average Bonchev–Trinajstić information content (AvgIpc) is 3.62. The first kappa shape index (κ1) is 29.2. The largest absolute Gasteiger partial charge is 0.358 e. The second-order valence-corrected chi connectivity index (χ2v) is 11.7. The van der Waals surface area contributed by atoms with Gasteiger partial charge in [-0.2, -0.15) is 0 Å². The van der Waals surface area contributed by atoms with Gasteiger partial charge in [-0.05, 0) is 30.9 Å². The Morgan fingerprint density at radius 2 is 1.64 bits per heavy atom. The van der Waals surface area contributed by atoms with Crippen molar-refractivity contribution in [2.75, 3.05) is 13.1 Å². The van der Waals surface area contributed by atoms with Crippen LogP contribution < -0.4 is 16.0 Å². The van der Waals surface area contributed by atoms with Crippen LogP contribution in [0.1, 0.15) is 57.9 Å². The van der Waals surface area contributed by atoms with Crippen LogP contribution in [0, 0.1) is 6.92 Å². The first-order valence-corrected chi connectivity index (χ1v) is 14.9. The van der Waals surface area contributed by atoms with Gasteiger partial charge in [0.15, 0.2) is 5.76 Å². The van der Waals surface area contributed by atoms with Crippen LogP contribution in [0.5, 0.6) is 0 Å². The number of benzene rings is 2. The molecule has 0 radical (unpaired) electrons. The van der Waals surface area contributed by atoms with Crippen molar-refractivity contribution in [1.82, 2.24) is 41.0 Å². The van der Waals surface area contributed by atoms with Crippen LogP contribution in [0.2, 0.25) is 0 Å². The van der Waals surface area contributed by atoms with Crippen LogP contribution in [0.3, 0.4) is 0 Å². The number of piperidine rings is 1. The minimum Gasteiger partial charge on any atom is -0.358 e. The summed E-state index contributed by atoms with van der Waals surface area (Å²) in [6.45, 7) is 4.37. The van der Waals surface area contributed by atoms with Crippen molar-refractivity contribution in [2.45, 2.75) is 63.8 Å². The average molecular weight is 597 g/mol. The van der Waals surface area contributed by atoms with Crippen molar-refractivity contribution in [3.8, 4) is 0 Å². The van der Waals surface area contributed by atoms with Gasteiger partial charge >= 0.3 is 0 Å². The summed E-state index contributed by atoms with van der Waals surface area (Å²) in [7, 11) is 0. The van der Waals surface area contributed by atoms with Crippen molar-refractivity contribution in [3.63, 3.8) is 0 Å². The Balaban J connectivity index is 1.21. The van der Waals surface area contributed by atoms with E-state index in [1.54, 1.807) is 17.8 Å². The van der Waals surface area contributed by atoms with E-state index < -0.39 is 17.5 Å². The second kappa shape index (κ2) is 12.8. The molecule has 3 N–H and O–H groups in total. The normalized spacial score (nSPS) is 19.3. The fourth-order valence-corrected chi connectivity index (χ4v) is 6.00. The van der Waals surface area contributed by atoms with E-state index in [-0.39, 0.29) is 42.5 Å². The van der Waals surface area contributed by atoms with E-state index in [4.69, 9.17) is 4.52 Å². The molecule has 1 spiro atoms. The molecule has 44 heavy (non-hydrogen) atoms. The molecule has 1 saturated heterocycles. The third-order valence-electron chi connectivity index (χ3n) is 8.36. The molecule has 12 nitrogen and oxygen atoms in total. The first-order valence-electron chi connectivity index (χ1n) is 14.9. The number of likely N-dealkylation sites (tertiary alicyclic amines) is 1. The van der Waals surface area contributed by atoms with E-state index in [1.807, 2.05) is 48.5 Å². The Bertz CT molecular complexity index is 1610. The molecular formula is C32H36N8O4. The summed E-state index contributed by atoms with van der Waals surface area (Å²) in [6.07, 6.45) is 3.11. The van der Waals surface area contributed by atoms with Gasteiger partial charge in [-0.25, -0.2) is 4.68 Å². The molecule has 12 heteroatoms. The maximum absolute atomic E-state index is 13.6. The number of aromatic nitrogens is 4. The summed E-state index contributed by atoms with van der Waals surface area (Å²) in [5.41, 5.74) is 2.77. The van der Waals surface area contributed by atoms with Gasteiger partial charge in [-0.3, -0.25) is 19.3 Å². The fraction of sp³-hybridized carbons (Fsp3) is 0.375. The van der Waals surface area contributed by atoms with Gasteiger partial charge in [0.25, 0.3) is 5.91 Å². The number of nitrogens with one attached hydrogen (secondary N) is 3. The van der Waals surface area contributed by atoms with Crippen LogP contribution in [0.25, 0.3) is 0 Å². The first-order chi connectivity index (χ1) is 21.4. The van der Waals surface area contributed by atoms with Crippen LogP contribution in [0.4, 0.5) is 0 Å². The van der Waals surface area contributed by atoms with Crippen LogP contribution >= 0.6 is 0 Å². The van der Waals surface area contributed by atoms with Gasteiger partial charge in [0, 0.05) is 38.7 Å². The molecule has 0 saturated carbocycles. The molecule has 4 heterocycles. The zero-order chi connectivity index (χ0) is 30.5. The minimum absolute atomic E-state index is 0.0298. The molecule has 228 valence electrons. The Morgan fingerprint density at radius 1 is 0.955 bits per heavy atom. The van der Waals surface area contributed by atoms with Gasteiger partial charge in [0.2, 0.25) is 11.8 Å². The SMILES string of the molecule is Cc1noc2c1C(=O)NC1(CCN(Cc3ccccc3)CC1)CC(=O)N[C@H](Cc1cn(Cc3ccccc3)nn1)C(=O)NC2. The lowest BCUT2D eigenvalue weighted by Crippen LogP contribution is -2.58. The summed E-state index contributed by atoms with van der Waals surface area (Å²) >= 11 is 0. The topological polar surface area (TPSA) is 147 Å². The predicted molar refractivity (Wildman–Crippen MR) is 160 cm³/mol. The summed E-state index contributed by atoms with van der Waals surface area (Å²) in [5.74, 6) is -0.820. The Labute approximate surface area is 255 Å². The van der Waals surface area contributed by atoms with Crippen molar-refractivity contribution >= 4 is 17.7 Å². The highest BCUT2D eigenvalue weighted by atomic mass is 16.5. The number of amides is 3. The Hall–Kier alpha value is -4.84. The second-order valence-electron chi connectivity index (χ2n) is 11.7. The van der Waals surface area contributed by atoms with Crippen molar-refractivity contribution in [2.24, 2.45) is 0 Å². The van der Waals surface area contributed by atoms with Gasteiger partial charge in [-0.1, -0.05) is 71.0 Å². The smallest absolute Gasteiger partial charge is 0.257 e. The highest BCUT2D eigenvalue weighted by Gasteiger charge is 2.40. The summed E-state index contributed by atoms with van der Waals surface area (Å²) in [4.78, 5) is 42.9. The lowest BCUT2D eigenvalue weighted by Gasteiger charge is -2.42. The molecule has 3 amide bonds. The van der Waals surface area contributed by atoms with E-state index in [9.17, 15) is 14.4 Å². The van der Waals surface area contributed by atoms with E-state index in [1.165, 1.54) is 5.56 Å². The highest BCUT2D eigenvalue weighted by Crippen LogP contribution is 2.29. The number of rotatable bonds is 6. The number of hydrogen-bond acceptors (Lipinski definition) is 8. The fourth-order valence-electron chi connectivity index (χ4n) is 6.00. The molecular weight excluding hydrogens is 560 g/mol. The van der Waals surface area contributed by atoms with Crippen LogP contribution in [0.15, 0.2) is 71.4 Å². The van der Waals surface area contributed by atoms with E-state index in [0.29, 0.717) is 43.9 Å². The minimum atomic E-state index is -0.901. The number of nitrogens with zero attached hydrogens (tertiary/aromatic N) is 5. The lowest BCUT2D eigenvalue weighted by molar-refractivity contribution is -0.130. The van der Waals surface area contributed by atoms with Gasteiger partial charge < -0.3 is 20.5 Å². The number of carbonyl (C=O) groups is 3. The van der Waals surface area contributed by atoms with Gasteiger partial charge in [-0.15, -0.1) is 5.10 Å². The molecule has 2 aromatic carbocycles. The van der Waals surface area contributed by atoms with E-state index in [0.717, 1.165) is 12.1 Å². The number of aryl methyl sites for hydroxylation is 1. The molecule has 2 aliphatic rings. The monoisotopic (exact) mass is 596 g/mol. The standard InChI is InChI=1S/C32H36N8O4/c1-22-29-27(44-37-22)18-33-30(42)26(16-25-21-40(38-36-25)20-24-10-6-3-7-11-24)34-28(41)17-32(35-31(29)43)12-14-39(15-13-32)19-23-8-4-2-5-9-23/h2-11,21,26H,12-20H2,1H3,(H,33,42)(H,34,41)(H,35,43)/t26-/m1/s1. The maximum atomic E-state index is 13.6. The molecule has 1 fully saturated rings. The Kier molecular flexibility index (Phi) is 8.51. The van der Waals surface area contributed by atoms with Crippen LogP contribution in [-0.2, 0) is 35.6 Å². The molecule has 0 unspecified atom stereocenters. The van der Waals surface area contributed by atoms with Crippen molar-refractivity contribution < 1.29 is 18.9 Å². The molecule has 6 rings (SSSR count). The molecule has 0 bridgehead atoms. The number of fused-ring (bicyclic) bond motifs is 1. The zero-order valence-electron chi connectivity index (χ0n) is 24.7. The summed E-state index contributed by atoms with van der Waals surface area (Å²) < 4.78 is 7.16. The van der Waals surface area contributed by atoms with E-state index >= 15 is 0 Å². The van der Waals surface area contributed by atoms with E-state index in [2.05, 4.69) is 48.5 Å². The third-order valence-corrected chi connectivity index (χ3v) is 8.36.